The summed E-state index contributed by atoms with van der Waals surface area (Å²) in [5, 5.41) is 5.16. The topological polar surface area (TPSA) is 127 Å². The SMILES string of the molecule is CCC(CC)(CN)C(=O)Nc1nc(-c2c[nH]c(C(N)=O)c2)cs1.Cl. The molecule has 2 rings (SSSR count). The molecular formula is C15H22ClN5O2S. The molecule has 0 bridgehead atoms. The first-order valence-electron chi connectivity index (χ1n) is 7.41. The van der Waals surface area contributed by atoms with Gasteiger partial charge >= 0.3 is 0 Å². The van der Waals surface area contributed by atoms with Crippen LogP contribution in [0.1, 0.15) is 37.2 Å². The molecule has 6 N–H and O–H groups in total. The molecular weight excluding hydrogens is 350 g/mol. The molecule has 24 heavy (non-hydrogen) atoms. The number of rotatable bonds is 7. The monoisotopic (exact) mass is 371 g/mol. The van der Waals surface area contributed by atoms with Gasteiger partial charge in [0.25, 0.3) is 5.91 Å². The van der Waals surface area contributed by atoms with Crippen LogP contribution in [0.2, 0.25) is 0 Å². The van der Waals surface area contributed by atoms with Gasteiger partial charge in [-0.25, -0.2) is 4.98 Å². The molecule has 2 aromatic rings. The van der Waals surface area contributed by atoms with Crippen molar-refractivity contribution >= 4 is 40.7 Å². The number of H-pyrrole nitrogens is 1. The second-order valence-electron chi connectivity index (χ2n) is 5.35. The van der Waals surface area contributed by atoms with Crippen LogP contribution in [0.3, 0.4) is 0 Å². The number of hydrogen-bond acceptors (Lipinski definition) is 5. The Morgan fingerprint density at radius 3 is 2.54 bits per heavy atom. The minimum atomic E-state index is -0.570. The van der Waals surface area contributed by atoms with Gasteiger partial charge in [-0.05, 0) is 18.9 Å². The molecule has 9 heteroatoms. The highest BCUT2D eigenvalue weighted by Crippen LogP contribution is 2.30. The molecule has 2 heterocycles. The third-order valence-corrected chi connectivity index (χ3v) is 4.95. The molecule has 0 spiro atoms. The normalized spacial score (nSPS) is 11.0. The van der Waals surface area contributed by atoms with Gasteiger partial charge in [0.05, 0.1) is 11.1 Å². The first kappa shape index (κ1) is 20.1. The summed E-state index contributed by atoms with van der Waals surface area (Å²) in [6.45, 7) is 4.20. The Hall–Kier alpha value is -1.90. The van der Waals surface area contributed by atoms with Crippen molar-refractivity contribution in [2.45, 2.75) is 26.7 Å². The number of nitrogens with zero attached hydrogens (tertiary/aromatic N) is 1. The quantitative estimate of drug-likeness (QED) is 0.595. The number of amides is 2. The predicted molar refractivity (Wildman–Crippen MR) is 98.4 cm³/mol. The van der Waals surface area contributed by atoms with Crippen LogP contribution in [0, 0.1) is 5.41 Å². The van der Waals surface area contributed by atoms with Crippen molar-refractivity contribution in [1.82, 2.24) is 9.97 Å². The summed E-state index contributed by atoms with van der Waals surface area (Å²) in [6, 6.07) is 1.63. The van der Waals surface area contributed by atoms with Gasteiger partial charge in [0.15, 0.2) is 5.13 Å². The largest absolute Gasteiger partial charge is 0.364 e. The number of aromatic amines is 1. The molecule has 0 atom stereocenters. The maximum Gasteiger partial charge on any atom is 0.265 e. The molecule has 2 aromatic heterocycles. The zero-order valence-electron chi connectivity index (χ0n) is 13.6. The first-order valence-corrected chi connectivity index (χ1v) is 8.29. The van der Waals surface area contributed by atoms with E-state index in [1.807, 2.05) is 19.2 Å². The van der Waals surface area contributed by atoms with Gasteiger partial charge in [-0.15, -0.1) is 23.7 Å². The fraction of sp³-hybridized carbons (Fsp3) is 0.400. The molecule has 7 nitrogen and oxygen atoms in total. The van der Waals surface area contributed by atoms with E-state index in [0.29, 0.717) is 35.9 Å². The van der Waals surface area contributed by atoms with E-state index < -0.39 is 11.3 Å². The second kappa shape index (κ2) is 8.27. The number of nitrogens with two attached hydrogens (primary N) is 2. The van der Waals surface area contributed by atoms with Crippen LogP contribution in [0.5, 0.6) is 0 Å². The molecule has 0 saturated heterocycles. The fourth-order valence-corrected chi connectivity index (χ4v) is 3.05. The maximum absolute atomic E-state index is 12.5. The van der Waals surface area contributed by atoms with E-state index in [-0.39, 0.29) is 18.3 Å². The summed E-state index contributed by atoms with van der Waals surface area (Å²) in [4.78, 5) is 30.8. The average molecular weight is 372 g/mol. The summed E-state index contributed by atoms with van der Waals surface area (Å²) in [5.41, 5.74) is 12.2. The number of hydrogen-bond donors (Lipinski definition) is 4. The lowest BCUT2D eigenvalue weighted by atomic mass is 9.81. The van der Waals surface area contributed by atoms with Gasteiger partial charge in [0.2, 0.25) is 5.91 Å². The highest BCUT2D eigenvalue weighted by molar-refractivity contribution is 7.14. The van der Waals surface area contributed by atoms with E-state index in [2.05, 4.69) is 15.3 Å². The van der Waals surface area contributed by atoms with Crippen molar-refractivity contribution < 1.29 is 9.59 Å². The fourth-order valence-electron chi connectivity index (χ4n) is 2.33. The van der Waals surface area contributed by atoms with Crippen LogP contribution in [0.15, 0.2) is 17.6 Å². The van der Waals surface area contributed by atoms with Gasteiger partial charge in [-0.1, -0.05) is 13.8 Å². The number of primary amides is 1. The van der Waals surface area contributed by atoms with Crippen LogP contribution >= 0.6 is 23.7 Å². The van der Waals surface area contributed by atoms with Crippen molar-refractivity contribution in [2.75, 3.05) is 11.9 Å². The van der Waals surface area contributed by atoms with Gasteiger partial charge in [-0.3, -0.25) is 9.59 Å². The third-order valence-electron chi connectivity index (χ3n) is 4.19. The highest BCUT2D eigenvalue weighted by Gasteiger charge is 2.33. The molecule has 0 aliphatic carbocycles. The van der Waals surface area contributed by atoms with E-state index in [4.69, 9.17) is 11.5 Å². The molecule has 0 aliphatic heterocycles. The lowest BCUT2D eigenvalue weighted by molar-refractivity contribution is -0.125. The molecule has 0 saturated carbocycles. The van der Waals surface area contributed by atoms with Crippen molar-refractivity contribution in [3.05, 3.63) is 23.3 Å². The van der Waals surface area contributed by atoms with Gasteiger partial charge < -0.3 is 21.8 Å². The van der Waals surface area contributed by atoms with Crippen LogP contribution in [-0.4, -0.2) is 28.3 Å². The van der Waals surface area contributed by atoms with Gasteiger partial charge in [0, 0.05) is 23.7 Å². The Bertz CT molecular complexity index is 700. The summed E-state index contributed by atoms with van der Waals surface area (Å²) >= 11 is 1.32. The molecule has 2 amide bonds. The van der Waals surface area contributed by atoms with Gasteiger partial charge in [-0.2, -0.15) is 0 Å². The zero-order valence-corrected chi connectivity index (χ0v) is 15.2. The molecule has 0 aliphatic rings. The number of aromatic nitrogens is 2. The van der Waals surface area contributed by atoms with Crippen LogP contribution in [0.4, 0.5) is 5.13 Å². The van der Waals surface area contributed by atoms with Gasteiger partial charge in [0.1, 0.15) is 5.69 Å². The van der Waals surface area contributed by atoms with Crippen LogP contribution in [0.25, 0.3) is 11.3 Å². The van der Waals surface area contributed by atoms with E-state index in [0.717, 1.165) is 5.56 Å². The Labute approximate surface area is 150 Å². The lowest BCUT2D eigenvalue weighted by Crippen LogP contribution is -2.41. The predicted octanol–water partition coefficient (Wildman–Crippen LogP) is 2.36. The number of nitrogens with one attached hydrogen (secondary N) is 2. The third kappa shape index (κ3) is 3.95. The zero-order chi connectivity index (χ0) is 17.0. The standard InChI is InChI=1S/C15H21N5O2S.ClH/c1-3-15(4-2,8-16)13(22)20-14-19-11(7-23-14)9-5-10(12(17)21)18-6-9;/h5-7,18H,3-4,8,16H2,1-2H3,(H2,17,21)(H,19,20,22);1H. The summed E-state index contributed by atoms with van der Waals surface area (Å²) in [6.07, 6.45) is 3.00. The Morgan fingerprint density at radius 1 is 1.38 bits per heavy atom. The first-order chi connectivity index (χ1) is 11.0. The van der Waals surface area contributed by atoms with Crippen LogP contribution < -0.4 is 16.8 Å². The summed E-state index contributed by atoms with van der Waals surface area (Å²) in [5.74, 6) is -0.642. The number of carbonyl (C=O) groups excluding carboxylic acids is 2. The molecule has 0 unspecified atom stereocenters. The second-order valence-corrected chi connectivity index (χ2v) is 6.21. The number of anilines is 1. The Balaban J connectivity index is 0.00000288. The summed E-state index contributed by atoms with van der Waals surface area (Å²) < 4.78 is 0. The van der Waals surface area contributed by atoms with Crippen LogP contribution in [-0.2, 0) is 4.79 Å². The minimum absolute atomic E-state index is 0. The molecule has 132 valence electrons. The minimum Gasteiger partial charge on any atom is -0.364 e. The molecule has 0 aromatic carbocycles. The molecule has 0 fully saturated rings. The maximum atomic E-state index is 12.5. The Kier molecular flexibility index (Phi) is 6.94. The number of thiazole rings is 1. The van der Waals surface area contributed by atoms with Crippen molar-refractivity contribution in [2.24, 2.45) is 16.9 Å². The van der Waals surface area contributed by atoms with Crippen molar-refractivity contribution in [3.63, 3.8) is 0 Å². The number of carbonyl (C=O) groups is 2. The van der Waals surface area contributed by atoms with E-state index in [1.54, 1.807) is 12.3 Å². The number of halogens is 1. The summed E-state index contributed by atoms with van der Waals surface area (Å²) in [7, 11) is 0. The average Bonchev–Trinajstić information content (AvgIpc) is 3.18. The lowest BCUT2D eigenvalue weighted by Gasteiger charge is -2.27. The van der Waals surface area contributed by atoms with Crippen molar-refractivity contribution in [1.29, 1.82) is 0 Å². The van der Waals surface area contributed by atoms with E-state index in [1.165, 1.54) is 11.3 Å². The smallest absolute Gasteiger partial charge is 0.265 e. The van der Waals surface area contributed by atoms with E-state index in [9.17, 15) is 9.59 Å². The highest BCUT2D eigenvalue weighted by atomic mass is 35.5. The van der Waals surface area contributed by atoms with E-state index >= 15 is 0 Å². The molecule has 0 radical (unpaired) electrons. The Morgan fingerprint density at radius 2 is 2.04 bits per heavy atom. The van der Waals surface area contributed by atoms with Crippen molar-refractivity contribution in [3.8, 4) is 11.3 Å².